The summed E-state index contributed by atoms with van der Waals surface area (Å²) in [6.07, 6.45) is 0. The third-order valence-electron chi connectivity index (χ3n) is 21.5. The smallest absolute Gasteiger partial charge is 0.252 e. The maximum Gasteiger partial charge on any atom is 0.252 e. The lowest BCUT2D eigenvalue weighted by atomic mass is 9.33. The number of nitrogens with zero attached hydrogens (tertiary/aromatic N) is 5. The Bertz CT molecular complexity index is 5940. The van der Waals surface area contributed by atoms with Crippen LogP contribution in [0.15, 0.2) is 309 Å². The minimum absolute atomic E-state index is 0.163. The van der Waals surface area contributed by atoms with Crippen LogP contribution in [0.25, 0.3) is 110 Å². The molecule has 1 aromatic heterocycles. The van der Waals surface area contributed by atoms with Gasteiger partial charge in [0, 0.05) is 61.5 Å². The fourth-order valence-corrected chi connectivity index (χ4v) is 16.0. The van der Waals surface area contributed by atoms with Gasteiger partial charge >= 0.3 is 0 Å². The molecule has 0 N–H and O–H groups in total. The first-order valence-corrected chi connectivity index (χ1v) is 36.2. The highest BCUT2D eigenvalue weighted by Gasteiger charge is 2.46. The standard InChI is InChI=1S/C98H78BN5/c1-96(2,3)74-34-24-32-70(52-74)83-56-72(65-42-40-63(62-100)41-43-65)54-81(67-28-16-12-17-29-67)94(83)103-89-58-69(64-26-14-11-15-27-64)46-50-85(89)99-86-51-49-78(102-87-38-22-20-36-79(87)80-37-21-23-39-88(80)102)61-90(86)104(92-60-76(98(7,8)9)59-91(103)93(92)99)95-82(68-30-18-13-19-31-68)55-73(66-44-47-77(101-10)48-45-66)57-84(95)71-33-25-35-75(53-71)97(4,5)6/h11-61H,1-9H3. The zero-order chi connectivity index (χ0) is 71.3. The molecule has 0 aliphatic carbocycles. The normalized spacial score (nSPS) is 12.6. The van der Waals surface area contributed by atoms with Gasteiger partial charge in [-0.2, -0.15) is 5.26 Å². The van der Waals surface area contributed by atoms with E-state index in [1.165, 1.54) is 43.9 Å². The molecule has 0 amide bonds. The second-order valence-corrected chi connectivity index (χ2v) is 31.1. The third-order valence-corrected chi connectivity index (χ3v) is 21.5. The van der Waals surface area contributed by atoms with Crippen LogP contribution in [0.4, 0.5) is 39.8 Å². The number of nitriles is 1. The quantitative estimate of drug-likeness (QED) is 0.101. The number of hydrogen-bond donors (Lipinski definition) is 0. The average Bonchev–Trinajstić information content (AvgIpc) is 0.757. The van der Waals surface area contributed by atoms with Gasteiger partial charge in [-0.3, -0.25) is 0 Å². The molecular formula is C98H78BN5. The highest BCUT2D eigenvalue weighted by atomic mass is 15.2. The highest BCUT2D eigenvalue weighted by Crippen LogP contribution is 2.56. The lowest BCUT2D eigenvalue weighted by Gasteiger charge is -2.46. The van der Waals surface area contributed by atoms with Crippen LogP contribution in [-0.4, -0.2) is 11.3 Å². The van der Waals surface area contributed by atoms with E-state index in [9.17, 15) is 5.26 Å². The number of benzene rings is 14. The maximum absolute atomic E-state index is 10.2. The van der Waals surface area contributed by atoms with E-state index in [0.29, 0.717) is 11.3 Å². The number of para-hydroxylation sites is 2. The molecule has 0 saturated heterocycles. The molecule has 2 aliphatic heterocycles. The summed E-state index contributed by atoms with van der Waals surface area (Å²) in [4.78, 5) is 9.22. The van der Waals surface area contributed by atoms with Gasteiger partial charge in [0.2, 0.25) is 0 Å². The van der Waals surface area contributed by atoms with Gasteiger partial charge in [0.1, 0.15) is 0 Å². The molecule has 0 bridgehead atoms. The number of fused-ring (bicyclic) bond motifs is 7. The number of rotatable bonds is 10. The molecule has 5 nitrogen and oxygen atoms in total. The summed E-state index contributed by atoms with van der Waals surface area (Å²) in [6.45, 7) is 28.7. The van der Waals surface area contributed by atoms with E-state index in [1.807, 2.05) is 24.3 Å². The molecule has 15 aromatic rings. The number of anilines is 6. The molecule has 104 heavy (non-hydrogen) atoms. The molecule has 0 radical (unpaired) electrons. The van der Waals surface area contributed by atoms with Crippen LogP contribution in [0.1, 0.15) is 84.6 Å². The summed E-state index contributed by atoms with van der Waals surface area (Å²) < 4.78 is 2.48. The Morgan fingerprint density at radius 1 is 0.327 bits per heavy atom. The van der Waals surface area contributed by atoms with Crippen molar-refractivity contribution in [2.75, 3.05) is 9.80 Å². The van der Waals surface area contributed by atoms with Crippen LogP contribution < -0.4 is 26.2 Å². The Hall–Kier alpha value is -12.5. The summed E-state index contributed by atoms with van der Waals surface area (Å²) in [5.41, 5.74) is 32.7. The Morgan fingerprint density at radius 3 is 1.18 bits per heavy atom. The van der Waals surface area contributed by atoms with E-state index in [0.717, 1.165) is 129 Å². The van der Waals surface area contributed by atoms with Crippen molar-refractivity contribution in [3.8, 4) is 89.6 Å². The zero-order valence-electron chi connectivity index (χ0n) is 60.3. The molecule has 6 heteroatoms. The Balaban J connectivity index is 1.07. The van der Waals surface area contributed by atoms with Crippen molar-refractivity contribution in [3.05, 3.63) is 343 Å². The summed E-state index contributed by atoms with van der Waals surface area (Å²) in [7, 11) is 0. The molecular weight excluding hydrogens is 1260 g/mol. The molecule has 0 atom stereocenters. The van der Waals surface area contributed by atoms with Crippen molar-refractivity contribution in [1.29, 1.82) is 5.26 Å². The third kappa shape index (κ3) is 11.3. The molecule has 14 aromatic carbocycles. The van der Waals surface area contributed by atoms with Crippen molar-refractivity contribution < 1.29 is 0 Å². The van der Waals surface area contributed by atoms with E-state index in [2.05, 4.69) is 373 Å². The van der Waals surface area contributed by atoms with E-state index in [-0.39, 0.29) is 23.0 Å². The first-order chi connectivity index (χ1) is 50.4. The predicted molar refractivity (Wildman–Crippen MR) is 440 cm³/mol. The SMILES string of the molecule is [C-]#[N+]c1ccc(-c2cc(-c3ccccc3)c(N3c4cc(-n5c6ccccc6c6ccccc65)ccc4B4c5ccc(-c6ccccc6)cc5N(c5c(-c6ccccc6)cc(-c6ccc(C#N)cc6)cc5-c5cccc(C(C)(C)C)c5)c5cc(C(C)(C)C)cc3c54)c(-c3cccc(C(C)(C)C)c3)c2)cc1. The van der Waals surface area contributed by atoms with E-state index in [4.69, 9.17) is 6.57 Å². The van der Waals surface area contributed by atoms with Crippen LogP contribution in [0.2, 0.25) is 0 Å². The first-order valence-electron chi connectivity index (χ1n) is 36.2. The van der Waals surface area contributed by atoms with Gasteiger partial charge in [-0.1, -0.05) is 293 Å². The predicted octanol–water partition coefficient (Wildman–Crippen LogP) is 24.9. The van der Waals surface area contributed by atoms with Crippen molar-refractivity contribution in [1.82, 2.24) is 4.57 Å². The van der Waals surface area contributed by atoms with Crippen molar-refractivity contribution in [2.45, 2.75) is 78.6 Å². The van der Waals surface area contributed by atoms with Gasteiger partial charge in [0.25, 0.3) is 6.71 Å². The molecule has 498 valence electrons. The highest BCUT2D eigenvalue weighted by molar-refractivity contribution is 7.00. The van der Waals surface area contributed by atoms with Crippen LogP contribution in [0.5, 0.6) is 0 Å². The van der Waals surface area contributed by atoms with E-state index in [1.54, 1.807) is 0 Å². The van der Waals surface area contributed by atoms with Crippen LogP contribution in [0, 0.1) is 17.9 Å². The van der Waals surface area contributed by atoms with Gasteiger partial charge < -0.3 is 14.4 Å². The molecule has 17 rings (SSSR count). The number of aromatic nitrogens is 1. The molecule has 3 heterocycles. The van der Waals surface area contributed by atoms with Crippen LogP contribution in [0.3, 0.4) is 0 Å². The topological polar surface area (TPSA) is 39.6 Å². The number of hydrogen-bond acceptors (Lipinski definition) is 3. The van der Waals surface area contributed by atoms with Gasteiger partial charge in [0.15, 0.2) is 5.69 Å². The molecule has 2 aliphatic rings. The molecule has 0 fully saturated rings. The van der Waals surface area contributed by atoms with Gasteiger partial charge in [-0.05, 0) is 184 Å². The first kappa shape index (κ1) is 64.9. The van der Waals surface area contributed by atoms with E-state index < -0.39 is 0 Å². The lowest BCUT2D eigenvalue weighted by molar-refractivity contribution is 0.590. The van der Waals surface area contributed by atoms with Crippen LogP contribution in [-0.2, 0) is 16.2 Å². The van der Waals surface area contributed by atoms with Gasteiger partial charge in [0.05, 0.1) is 40.6 Å². The molecule has 0 saturated carbocycles. The Morgan fingerprint density at radius 2 is 0.721 bits per heavy atom. The fraction of sp³-hybridized carbons (Fsp3) is 0.122. The Labute approximate surface area is 611 Å². The summed E-state index contributed by atoms with van der Waals surface area (Å²) in [5, 5.41) is 12.6. The molecule has 0 spiro atoms. The van der Waals surface area contributed by atoms with Crippen molar-refractivity contribution in [3.63, 3.8) is 0 Å². The monoisotopic (exact) mass is 1340 g/mol. The second kappa shape index (κ2) is 25.2. The van der Waals surface area contributed by atoms with Gasteiger partial charge in [-0.25, -0.2) is 4.85 Å². The minimum atomic E-state index is -0.380. The zero-order valence-corrected chi connectivity index (χ0v) is 60.3. The lowest BCUT2D eigenvalue weighted by Crippen LogP contribution is -2.61. The van der Waals surface area contributed by atoms with E-state index >= 15 is 0 Å². The summed E-state index contributed by atoms with van der Waals surface area (Å²) in [5.74, 6) is 0. The fourth-order valence-electron chi connectivity index (χ4n) is 16.0. The van der Waals surface area contributed by atoms with Crippen molar-refractivity contribution in [2.24, 2.45) is 0 Å². The maximum atomic E-state index is 10.2. The summed E-state index contributed by atoms with van der Waals surface area (Å²) >= 11 is 0. The minimum Gasteiger partial charge on any atom is -0.310 e. The van der Waals surface area contributed by atoms with Crippen molar-refractivity contribution >= 4 is 84.7 Å². The van der Waals surface area contributed by atoms with Gasteiger partial charge in [-0.15, -0.1) is 0 Å². The second-order valence-electron chi connectivity index (χ2n) is 31.1. The Kier molecular flexibility index (Phi) is 15.7. The van der Waals surface area contributed by atoms with Crippen LogP contribution >= 0.6 is 0 Å². The average molecular weight is 1340 g/mol. The molecule has 0 unspecified atom stereocenters. The summed E-state index contributed by atoms with van der Waals surface area (Å²) in [6, 6.07) is 117. The largest absolute Gasteiger partial charge is 0.310 e.